The van der Waals surface area contributed by atoms with Gasteiger partial charge < -0.3 is 10.1 Å². The first kappa shape index (κ1) is 14.7. The van der Waals surface area contributed by atoms with Gasteiger partial charge in [-0.2, -0.15) is 0 Å². The van der Waals surface area contributed by atoms with E-state index in [9.17, 15) is 4.39 Å². The number of ether oxygens (including phenoxy) is 1. The molecule has 2 rings (SSSR count). The van der Waals surface area contributed by atoms with Crippen LogP contribution in [0.5, 0.6) is 0 Å². The molecule has 1 aromatic carbocycles. The van der Waals surface area contributed by atoms with Crippen molar-refractivity contribution in [1.82, 2.24) is 4.98 Å². The highest BCUT2D eigenvalue weighted by molar-refractivity contribution is 5.91. The van der Waals surface area contributed by atoms with Gasteiger partial charge in [0.05, 0.1) is 6.10 Å². The van der Waals surface area contributed by atoms with E-state index in [0.29, 0.717) is 5.52 Å². The lowest BCUT2D eigenvalue weighted by atomic mass is 10.1. The molecule has 1 aromatic heterocycles. The average molecular weight is 276 g/mol. The van der Waals surface area contributed by atoms with Crippen molar-refractivity contribution in [1.29, 1.82) is 0 Å². The van der Waals surface area contributed by atoms with Gasteiger partial charge >= 0.3 is 0 Å². The summed E-state index contributed by atoms with van der Waals surface area (Å²) in [7, 11) is 0. The van der Waals surface area contributed by atoms with E-state index in [1.165, 1.54) is 6.07 Å². The number of nitrogens with one attached hydrogen (secondary N) is 1. The van der Waals surface area contributed by atoms with Crippen LogP contribution in [0.3, 0.4) is 0 Å². The molecule has 0 amide bonds. The molecule has 0 spiro atoms. The largest absolute Gasteiger partial charge is 0.384 e. The van der Waals surface area contributed by atoms with E-state index < -0.39 is 0 Å². The van der Waals surface area contributed by atoms with Crippen LogP contribution in [-0.2, 0) is 4.74 Å². The summed E-state index contributed by atoms with van der Waals surface area (Å²) in [6.45, 7) is 7.44. The van der Waals surface area contributed by atoms with Crippen molar-refractivity contribution in [2.24, 2.45) is 0 Å². The second-order valence-corrected chi connectivity index (χ2v) is 5.15. The fourth-order valence-corrected chi connectivity index (χ4v) is 2.10. The van der Waals surface area contributed by atoms with Gasteiger partial charge in [-0.15, -0.1) is 0 Å². The summed E-state index contributed by atoms with van der Waals surface area (Å²) in [5, 5.41) is 4.16. The lowest BCUT2D eigenvalue weighted by Crippen LogP contribution is -2.09. The fraction of sp³-hybridized carbons (Fsp3) is 0.438. The van der Waals surface area contributed by atoms with Crippen molar-refractivity contribution >= 4 is 16.6 Å². The molecule has 0 aliphatic rings. The summed E-state index contributed by atoms with van der Waals surface area (Å²) in [6.07, 6.45) is 1.17. The van der Waals surface area contributed by atoms with Crippen molar-refractivity contribution in [3.05, 3.63) is 35.8 Å². The maximum Gasteiger partial charge on any atom is 0.149 e. The molecule has 0 saturated heterocycles. The van der Waals surface area contributed by atoms with Crippen LogP contribution < -0.4 is 5.32 Å². The Morgan fingerprint density at radius 3 is 2.90 bits per heavy atom. The Hall–Kier alpha value is -1.68. The quantitative estimate of drug-likeness (QED) is 0.812. The van der Waals surface area contributed by atoms with Crippen LogP contribution in [0.1, 0.15) is 26.0 Å². The molecule has 0 aliphatic heterocycles. The van der Waals surface area contributed by atoms with Gasteiger partial charge in [0.2, 0.25) is 0 Å². The number of pyridine rings is 1. The Morgan fingerprint density at radius 1 is 1.35 bits per heavy atom. The minimum Gasteiger partial charge on any atom is -0.384 e. The van der Waals surface area contributed by atoms with Crippen molar-refractivity contribution in [3.63, 3.8) is 0 Å². The van der Waals surface area contributed by atoms with Crippen LogP contribution in [0.15, 0.2) is 24.3 Å². The Bertz CT molecular complexity index is 584. The molecule has 108 valence electrons. The zero-order valence-electron chi connectivity index (χ0n) is 12.2. The number of benzene rings is 1. The van der Waals surface area contributed by atoms with Crippen LogP contribution >= 0.6 is 0 Å². The summed E-state index contributed by atoms with van der Waals surface area (Å²) in [5.41, 5.74) is 2.16. The lowest BCUT2D eigenvalue weighted by Gasteiger charge is -2.12. The Morgan fingerprint density at radius 2 is 2.15 bits per heavy atom. The maximum atomic E-state index is 13.8. The molecule has 3 nitrogen and oxygen atoms in total. The van der Waals surface area contributed by atoms with E-state index >= 15 is 0 Å². The van der Waals surface area contributed by atoms with Crippen LogP contribution in [0.2, 0.25) is 0 Å². The number of hydrogen-bond donors (Lipinski definition) is 1. The van der Waals surface area contributed by atoms with E-state index in [4.69, 9.17) is 4.74 Å². The van der Waals surface area contributed by atoms with E-state index in [2.05, 4.69) is 10.3 Å². The van der Waals surface area contributed by atoms with Gasteiger partial charge in [0, 0.05) is 29.9 Å². The number of aryl methyl sites for hydroxylation is 1. The highest BCUT2D eigenvalue weighted by Crippen LogP contribution is 2.24. The van der Waals surface area contributed by atoms with Gasteiger partial charge in [0.15, 0.2) is 0 Å². The third-order valence-electron chi connectivity index (χ3n) is 3.01. The predicted molar refractivity (Wildman–Crippen MR) is 80.6 cm³/mol. The molecule has 0 saturated carbocycles. The zero-order chi connectivity index (χ0) is 14.5. The predicted octanol–water partition coefficient (Wildman–Crippen LogP) is 3.91. The number of para-hydroxylation sites is 1. The standard InChI is InChI=1S/C16H21FN2O/c1-11(2)20-9-5-8-18-15-10-12(3)19-16-13(15)6-4-7-14(16)17/h4,6-7,10-11H,5,8-9H2,1-3H3,(H,18,19). The van der Waals surface area contributed by atoms with Crippen molar-refractivity contribution in [2.75, 3.05) is 18.5 Å². The first-order valence-corrected chi connectivity index (χ1v) is 6.99. The van der Waals surface area contributed by atoms with Gasteiger partial charge in [0.25, 0.3) is 0 Å². The topological polar surface area (TPSA) is 34.1 Å². The van der Waals surface area contributed by atoms with E-state index in [-0.39, 0.29) is 11.9 Å². The van der Waals surface area contributed by atoms with Gasteiger partial charge in [-0.3, -0.25) is 0 Å². The number of rotatable bonds is 6. The van der Waals surface area contributed by atoms with Gasteiger partial charge in [0.1, 0.15) is 11.3 Å². The lowest BCUT2D eigenvalue weighted by molar-refractivity contribution is 0.0787. The average Bonchev–Trinajstić information content (AvgIpc) is 2.39. The van der Waals surface area contributed by atoms with Crippen LogP contribution in [0, 0.1) is 12.7 Å². The third kappa shape index (κ3) is 3.67. The van der Waals surface area contributed by atoms with Crippen LogP contribution in [-0.4, -0.2) is 24.2 Å². The highest BCUT2D eigenvalue weighted by Gasteiger charge is 2.07. The molecule has 0 bridgehead atoms. The molecule has 0 fully saturated rings. The molecule has 1 N–H and O–H groups in total. The minimum absolute atomic E-state index is 0.257. The summed E-state index contributed by atoms with van der Waals surface area (Å²) < 4.78 is 19.3. The molecule has 0 atom stereocenters. The number of fused-ring (bicyclic) bond motifs is 1. The van der Waals surface area contributed by atoms with Crippen molar-refractivity contribution < 1.29 is 9.13 Å². The normalized spacial score (nSPS) is 11.2. The fourth-order valence-electron chi connectivity index (χ4n) is 2.10. The van der Waals surface area contributed by atoms with Crippen molar-refractivity contribution in [2.45, 2.75) is 33.3 Å². The number of nitrogens with zero attached hydrogens (tertiary/aromatic N) is 1. The molecule has 2 aromatic rings. The molecular formula is C16H21FN2O. The molecule has 1 heterocycles. The Balaban J connectivity index is 2.08. The van der Waals surface area contributed by atoms with Crippen molar-refractivity contribution in [3.8, 4) is 0 Å². The number of aromatic nitrogens is 1. The SMILES string of the molecule is Cc1cc(NCCCOC(C)C)c2cccc(F)c2n1. The summed E-state index contributed by atoms with van der Waals surface area (Å²) in [5.74, 6) is -0.280. The molecule has 0 aliphatic carbocycles. The van der Waals surface area contributed by atoms with Crippen LogP contribution in [0.4, 0.5) is 10.1 Å². The first-order valence-electron chi connectivity index (χ1n) is 6.99. The van der Waals surface area contributed by atoms with E-state index in [1.807, 2.05) is 32.9 Å². The second-order valence-electron chi connectivity index (χ2n) is 5.15. The number of halogens is 1. The smallest absolute Gasteiger partial charge is 0.149 e. The first-order chi connectivity index (χ1) is 9.58. The Kier molecular flexibility index (Phi) is 4.90. The van der Waals surface area contributed by atoms with Gasteiger partial charge in [-0.25, -0.2) is 9.37 Å². The maximum absolute atomic E-state index is 13.8. The highest BCUT2D eigenvalue weighted by atomic mass is 19.1. The number of hydrogen-bond acceptors (Lipinski definition) is 3. The zero-order valence-corrected chi connectivity index (χ0v) is 12.2. The van der Waals surface area contributed by atoms with Crippen LogP contribution in [0.25, 0.3) is 10.9 Å². The summed E-state index contributed by atoms with van der Waals surface area (Å²) in [4.78, 5) is 4.26. The van der Waals surface area contributed by atoms with Gasteiger partial charge in [-0.05, 0) is 39.3 Å². The van der Waals surface area contributed by atoms with E-state index in [0.717, 1.165) is 36.3 Å². The minimum atomic E-state index is -0.280. The molecule has 20 heavy (non-hydrogen) atoms. The molecule has 4 heteroatoms. The summed E-state index contributed by atoms with van der Waals surface area (Å²) >= 11 is 0. The molecule has 0 radical (unpaired) electrons. The molecule has 0 unspecified atom stereocenters. The van der Waals surface area contributed by atoms with Gasteiger partial charge in [-0.1, -0.05) is 12.1 Å². The Labute approximate surface area is 119 Å². The number of anilines is 1. The monoisotopic (exact) mass is 276 g/mol. The second kappa shape index (κ2) is 6.66. The summed E-state index contributed by atoms with van der Waals surface area (Å²) in [6, 6.07) is 6.99. The third-order valence-corrected chi connectivity index (χ3v) is 3.01. The molecular weight excluding hydrogens is 255 g/mol. The van der Waals surface area contributed by atoms with E-state index in [1.54, 1.807) is 6.07 Å².